The molecule has 1 aliphatic heterocycles. The number of rotatable bonds is 3. The molecule has 2 aromatic carbocycles. The van der Waals surface area contributed by atoms with Crippen molar-refractivity contribution in [3.8, 4) is 5.75 Å². The number of fused-ring (bicyclic) bond motifs is 1. The van der Waals surface area contributed by atoms with Gasteiger partial charge in [0.2, 0.25) is 0 Å². The molecule has 2 atom stereocenters. The van der Waals surface area contributed by atoms with Crippen LogP contribution in [0.25, 0.3) is 0 Å². The first-order chi connectivity index (χ1) is 9.24. The van der Waals surface area contributed by atoms with Crippen molar-refractivity contribution in [1.82, 2.24) is 0 Å². The van der Waals surface area contributed by atoms with E-state index in [4.69, 9.17) is 10.5 Å². The van der Waals surface area contributed by atoms with Crippen molar-refractivity contribution in [2.24, 2.45) is 5.73 Å². The Bertz CT molecular complexity index is 579. The summed E-state index contributed by atoms with van der Waals surface area (Å²) in [4.78, 5) is 0. The average molecular weight is 253 g/mol. The second kappa shape index (κ2) is 5.06. The summed E-state index contributed by atoms with van der Waals surface area (Å²) in [6, 6.07) is 16.9. The molecule has 1 aliphatic rings. The Labute approximate surface area is 114 Å². The van der Waals surface area contributed by atoms with Gasteiger partial charge in [-0.15, -0.1) is 0 Å². The maximum atomic E-state index is 6.40. The van der Waals surface area contributed by atoms with E-state index in [-0.39, 0.29) is 6.04 Å². The Morgan fingerprint density at radius 1 is 1.21 bits per heavy atom. The van der Waals surface area contributed by atoms with Crippen LogP contribution in [0.4, 0.5) is 0 Å². The first kappa shape index (κ1) is 12.2. The minimum atomic E-state index is 0.102. The molecule has 2 unspecified atom stereocenters. The van der Waals surface area contributed by atoms with Gasteiger partial charge in [0.05, 0.1) is 6.61 Å². The summed E-state index contributed by atoms with van der Waals surface area (Å²) in [5.41, 5.74) is 10.2. The number of aryl methyl sites for hydroxylation is 1. The number of para-hydroxylation sites is 1. The Morgan fingerprint density at radius 2 is 2.05 bits per heavy atom. The molecule has 2 aromatic rings. The first-order valence-corrected chi connectivity index (χ1v) is 6.77. The maximum Gasteiger partial charge on any atom is 0.122 e. The number of ether oxygens (including phenoxy) is 1. The molecule has 0 amide bonds. The molecule has 0 bridgehead atoms. The quantitative estimate of drug-likeness (QED) is 0.912. The molecule has 0 saturated carbocycles. The number of hydrogen-bond acceptors (Lipinski definition) is 2. The molecular formula is C17H19NO. The second-order valence-corrected chi connectivity index (χ2v) is 5.31. The summed E-state index contributed by atoms with van der Waals surface area (Å²) in [6.07, 6.45) is 0.893. The zero-order chi connectivity index (χ0) is 13.2. The van der Waals surface area contributed by atoms with Gasteiger partial charge in [-0.2, -0.15) is 0 Å². The van der Waals surface area contributed by atoms with Gasteiger partial charge in [-0.25, -0.2) is 0 Å². The third-order valence-electron chi connectivity index (χ3n) is 3.81. The van der Waals surface area contributed by atoms with Gasteiger partial charge in [0, 0.05) is 17.5 Å². The van der Waals surface area contributed by atoms with Gasteiger partial charge in [0.25, 0.3) is 0 Å². The van der Waals surface area contributed by atoms with E-state index in [1.807, 2.05) is 12.1 Å². The summed E-state index contributed by atoms with van der Waals surface area (Å²) in [5.74, 6) is 1.30. The fraction of sp³-hybridized carbons (Fsp3) is 0.294. The van der Waals surface area contributed by atoms with Crippen LogP contribution in [-0.4, -0.2) is 12.6 Å². The fourth-order valence-corrected chi connectivity index (χ4v) is 2.80. The van der Waals surface area contributed by atoms with Crippen molar-refractivity contribution in [3.05, 3.63) is 65.2 Å². The minimum absolute atomic E-state index is 0.102. The summed E-state index contributed by atoms with van der Waals surface area (Å²) >= 11 is 0. The van der Waals surface area contributed by atoms with Crippen molar-refractivity contribution in [2.45, 2.75) is 25.3 Å². The molecular weight excluding hydrogens is 234 g/mol. The van der Waals surface area contributed by atoms with Crippen LogP contribution in [0.3, 0.4) is 0 Å². The molecule has 19 heavy (non-hydrogen) atoms. The summed E-state index contributed by atoms with van der Waals surface area (Å²) < 4.78 is 5.71. The molecule has 0 fully saturated rings. The molecule has 3 rings (SSSR count). The average Bonchev–Trinajstić information content (AvgIpc) is 2.82. The number of nitrogens with two attached hydrogens (primary N) is 1. The largest absolute Gasteiger partial charge is 0.493 e. The van der Waals surface area contributed by atoms with E-state index in [2.05, 4.69) is 43.3 Å². The van der Waals surface area contributed by atoms with Gasteiger partial charge in [0.1, 0.15) is 5.75 Å². The number of benzene rings is 2. The van der Waals surface area contributed by atoms with Gasteiger partial charge in [-0.3, -0.25) is 0 Å². The lowest BCUT2D eigenvalue weighted by atomic mass is 9.89. The van der Waals surface area contributed by atoms with Crippen LogP contribution in [0.15, 0.2) is 48.5 Å². The van der Waals surface area contributed by atoms with Crippen molar-refractivity contribution in [1.29, 1.82) is 0 Å². The smallest absolute Gasteiger partial charge is 0.122 e. The maximum absolute atomic E-state index is 6.40. The Balaban J connectivity index is 1.77. The van der Waals surface area contributed by atoms with Crippen LogP contribution in [0.2, 0.25) is 0 Å². The molecule has 0 radical (unpaired) electrons. The fourth-order valence-electron chi connectivity index (χ4n) is 2.80. The SMILES string of the molecule is Cc1cccc(CC(N)C2COc3ccccc32)c1. The van der Waals surface area contributed by atoms with Crippen molar-refractivity contribution < 1.29 is 4.74 Å². The first-order valence-electron chi connectivity index (χ1n) is 6.77. The molecule has 0 aliphatic carbocycles. The van der Waals surface area contributed by atoms with Crippen LogP contribution < -0.4 is 10.5 Å². The predicted molar refractivity (Wildman–Crippen MR) is 77.5 cm³/mol. The van der Waals surface area contributed by atoms with E-state index >= 15 is 0 Å². The molecule has 0 aromatic heterocycles. The molecule has 98 valence electrons. The molecule has 0 spiro atoms. The van der Waals surface area contributed by atoms with Gasteiger partial charge in [-0.1, -0.05) is 48.0 Å². The van der Waals surface area contributed by atoms with Gasteiger partial charge >= 0.3 is 0 Å². The van der Waals surface area contributed by atoms with E-state index in [1.54, 1.807) is 0 Å². The standard InChI is InChI=1S/C17H19NO/c1-12-5-4-6-13(9-12)10-16(18)15-11-19-17-8-3-2-7-14(15)17/h2-9,15-16H,10-11,18H2,1H3. The molecule has 2 heteroatoms. The molecule has 1 heterocycles. The summed E-state index contributed by atoms with van der Waals surface area (Å²) in [5, 5.41) is 0. The van der Waals surface area contributed by atoms with Gasteiger partial charge in [-0.05, 0) is 25.0 Å². The lowest BCUT2D eigenvalue weighted by Gasteiger charge is -2.18. The minimum Gasteiger partial charge on any atom is -0.493 e. The Morgan fingerprint density at radius 3 is 2.89 bits per heavy atom. The highest BCUT2D eigenvalue weighted by molar-refractivity contribution is 5.41. The van der Waals surface area contributed by atoms with Crippen LogP contribution in [0.5, 0.6) is 5.75 Å². The van der Waals surface area contributed by atoms with E-state index in [1.165, 1.54) is 16.7 Å². The Hall–Kier alpha value is -1.80. The lowest BCUT2D eigenvalue weighted by Crippen LogP contribution is -2.31. The zero-order valence-electron chi connectivity index (χ0n) is 11.2. The van der Waals surface area contributed by atoms with Crippen molar-refractivity contribution in [3.63, 3.8) is 0 Å². The van der Waals surface area contributed by atoms with E-state index in [0.717, 1.165) is 12.2 Å². The lowest BCUT2D eigenvalue weighted by molar-refractivity contribution is 0.313. The van der Waals surface area contributed by atoms with Crippen LogP contribution in [-0.2, 0) is 6.42 Å². The third-order valence-corrected chi connectivity index (χ3v) is 3.81. The van der Waals surface area contributed by atoms with E-state index < -0.39 is 0 Å². The highest BCUT2D eigenvalue weighted by Gasteiger charge is 2.28. The summed E-state index contributed by atoms with van der Waals surface area (Å²) in [6.45, 7) is 2.81. The van der Waals surface area contributed by atoms with Crippen LogP contribution in [0, 0.1) is 6.92 Å². The second-order valence-electron chi connectivity index (χ2n) is 5.31. The summed E-state index contributed by atoms with van der Waals surface area (Å²) in [7, 11) is 0. The van der Waals surface area contributed by atoms with E-state index in [9.17, 15) is 0 Å². The van der Waals surface area contributed by atoms with Crippen molar-refractivity contribution in [2.75, 3.05) is 6.61 Å². The zero-order valence-corrected chi connectivity index (χ0v) is 11.2. The normalized spacial score (nSPS) is 18.7. The molecule has 2 nitrogen and oxygen atoms in total. The topological polar surface area (TPSA) is 35.2 Å². The highest BCUT2D eigenvalue weighted by Crippen LogP contribution is 2.35. The van der Waals surface area contributed by atoms with Crippen molar-refractivity contribution >= 4 is 0 Å². The highest BCUT2D eigenvalue weighted by atomic mass is 16.5. The van der Waals surface area contributed by atoms with Crippen LogP contribution >= 0.6 is 0 Å². The third kappa shape index (κ3) is 2.49. The van der Waals surface area contributed by atoms with Gasteiger partial charge in [0.15, 0.2) is 0 Å². The van der Waals surface area contributed by atoms with Gasteiger partial charge < -0.3 is 10.5 Å². The Kier molecular flexibility index (Phi) is 3.26. The number of hydrogen-bond donors (Lipinski definition) is 1. The van der Waals surface area contributed by atoms with Crippen LogP contribution in [0.1, 0.15) is 22.6 Å². The van der Waals surface area contributed by atoms with E-state index in [0.29, 0.717) is 12.5 Å². The predicted octanol–water partition coefficient (Wildman–Crippen LogP) is 3.04. The molecule has 0 saturated heterocycles. The monoisotopic (exact) mass is 253 g/mol. The molecule has 2 N–H and O–H groups in total.